The SMILES string of the molecule is CNC(=O)COc1cccc(CNc2ncnc3ccccc23)c1. The normalized spacial score (nSPS) is 10.4. The van der Waals surface area contributed by atoms with E-state index >= 15 is 0 Å². The molecule has 0 fully saturated rings. The first-order valence-electron chi connectivity index (χ1n) is 7.62. The molecule has 0 bridgehead atoms. The number of hydrogen-bond donors (Lipinski definition) is 2. The maximum Gasteiger partial charge on any atom is 0.257 e. The average Bonchev–Trinajstić information content (AvgIpc) is 2.64. The van der Waals surface area contributed by atoms with Crippen LogP contribution in [0.25, 0.3) is 10.9 Å². The number of benzene rings is 2. The number of amides is 1. The van der Waals surface area contributed by atoms with Gasteiger partial charge in [0.25, 0.3) is 5.91 Å². The molecule has 0 saturated heterocycles. The Morgan fingerprint density at radius 1 is 1.12 bits per heavy atom. The second kappa shape index (κ2) is 7.41. The quantitative estimate of drug-likeness (QED) is 0.728. The van der Waals surface area contributed by atoms with Gasteiger partial charge in [-0.2, -0.15) is 0 Å². The van der Waals surface area contributed by atoms with Crippen molar-refractivity contribution in [2.75, 3.05) is 19.0 Å². The first-order valence-corrected chi connectivity index (χ1v) is 7.62. The second-order valence-corrected chi connectivity index (χ2v) is 5.20. The van der Waals surface area contributed by atoms with Crippen molar-refractivity contribution >= 4 is 22.6 Å². The zero-order chi connectivity index (χ0) is 16.8. The number of nitrogens with zero attached hydrogens (tertiary/aromatic N) is 2. The van der Waals surface area contributed by atoms with Gasteiger partial charge in [0.2, 0.25) is 0 Å². The molecule has 1 amide bonds. The first-order chi connectivity index (χ1) is 11.8. The van der Waals surface area contributed by atoms with Crippen molar-refractivity contribution in [3.05, 3.63) is 60.4 Å². The van der Waals surface area contributed by atoms with E-state index in [2.05, 4.69) is 20.6 Å². The highest BCUT2D eigenvalue weighted by molar-refractivity contribution is 5.88. The van der Waals surface area contributed by atoms with Gasteiger partial charge in [0.15, 0.2) is 6.61 Å². The van der Waals surface area contributed by atoms with Gasteiger partial charge in [-0.25, -0.2) is 9.97 Å². The first kappa shape index (κ1) is 15.7. The molecule has 2 N–H and O–H groups in total. The lowest BCUT2D eigenvalue weighted by atomic mass is 10.2. The van der Waals surface area contributed by atoms with Crippen molar-refractivity contribution in [2.24, 2.45) is 0 Å². The molecule has 0 radical (unpaired) electrons. The Morgan fingerprint density at radius 3 is 2.88 bits per heavy atom. The highest BCUT2D eigenvalue weighted by Gasteiger charge is 2.04. The van der Waals surface area contributed by atoms with Crippen molar-refractivity contribution in [1.29, 1.82) is 0 Å². The van der Waals surface area contributed by atoms with Crippen LogP contribution in [0.1, 0.15) is 5.56 Å². The molecule has 6 heteroatoms. The van der Waals surface area contributed by atoms with Crippen LogP contribution in [0.15, 0.2) is 54.9 Å². The molecule has 3 aromatic rings. The molecule has 0 spiro atoms. The molecule has 0 atom stereocenters. The Labute approximate surface area is 139 Å². The Morgan fingerprint density at radius 2 is 2.00 bits per heavy atom. The van der Waals surface area contributed by atoms with Gasteiger partial charge in [-0.15, -0.1) is 0 Å². The summed E-state index contributed by atoms with van der Waals surface area (Å²) in [5.74, 6) is 1.29. The zero-order valence-corrected chi connectivity index (χ0v) is 13.3. The van der Waals surface area contributed by atoms with E-state index in [0.29, 0.717) is 12.3 Å². The molecular formula is C18H18N4O2. The van der Waals surface area contributed by atoms with Gasteiger partial charge >= 0.3 is 0 Å². The summed E-state index contributed by atoms with van der Waals surface area (Å²) in [6.07, 6.45) is 1.55. The Balaban J connectivity index is 1.69. The summed E-state index contributed by atoms with van der Waals surface area (Å²) in [5, 5.41) is 6.82. The van der Waals surface area contributed by atoms with Crippen molar-refractivity contribution in [2.45, 2.75) is 6.54 Å². The Kier molecular flexibility index (Phi) is 4.86. The van der Waals surface area contributed by atoms with Crippen LogP contribution in [0, 0.1) is 0 Å². The lowest BCUT2D eigenvalue weighted by Crippen LogP contribution is -2.24. The maximum absolute atomic E-state index is 11.2. The number of likely N-dealkylation sites (N-methyl/N-ethyl adjacent to an activating group) is 1. The summed E-state index contributed by atoms with van der Waals surface area (Å²) in [7, 11) is 1.58. The molecule has 1 heterocycles. The molecule has 0 aliphatic heterocycles. The molecule has 24 heavy (non-hydrogen) atoms. The number of carbonyl (C=O) groups is 1. The molecule has 0 saturated carbocycles. The van der Waals surface area contributed by atoms with E-state index in [9.17, 15) is 4.79 Å². The minimum atomic E-state index is -0.161. The summed E-state index contributed by atoms with van der Waals surface area (Å²) in [5.41, 5.74) is 1.93. The third kappa shape index (κ3) is 3.78. The fourth-order valence-corrected chi connectivity index (χ4v) is 2.30. The van der Waals surface area contributed by atoms with Crippen LogP contribution >= 0.6 is 0 Å². The fourth-order valence-electron chi connectivity index (χ4n) is 2.30. The van der Waals surface area contributed by atoms with E-state index < -0.39 is 0 Å². The van der Waals surface area contributed by atoms with Crippen LogP contribution in [0.5, 0.6) is 5.75 Å². The number of hydrogen-bond acceptors (Lipinski definition) is 5. The van der Waals surface area contributed by atoms with Gasteiger partial charge in [-0.3, -0.25) is 4.79 Å². The van der Waals surface area contributed by atoms with Crippen LogP contribution in [0.3, 0.4) is 0 Å². The number of carbonyl (C=O) groups excluding carboxylic acids is 1. The van der Waals surface area contributed by atoms with Gasteiger partial charge < -0.3 is 15.4 Å². The largest absolute Gasteiger partial charge is 0.484 e. The molecular weight excluding hydrogens is 304 g/mol. The molecule has 122 valence electrons. The van der Waals surface area contributed by atoms with Gasteiger partial charge in [-0.1, -0.05) is 24.3 Å². The number of ether oxygens (including phenoxy) is 1. The van der Waals surface area contributed by atoms with Crippen LogP contribution in [0.2, 0.25) is 0 Å². The zero-order valence-electron chi connectivity index (χ0n) is 13.3. The van der Waals surface area contributed by atoms with Crippen LogP contribution in [-0.4, -0.2) is 29.5 Å². The van der Waals surface area contributed by atoms with Crippen molar-refractivity contribution < 1.29 is 9.53 Å². The Hall–Kier alpha value is -3.15. The highest BCUT2D eigenvalue weighted by Crippen LogP contribution is 2.20. The van der Waals surface area contributed by atoms with Gasteiger partial charge in [0.05, 0.1) is 5.52 Å². The van der Waals surface area contributed by atoms with Crippen molar-refractivity contribution in [1.82, 2.24) is 15.3 Å². The summed E-state index contributed by atoms with van der Waals surface area (Å²) in [6, 6.07) is 15.5. The highest BCUT2D eigenvalue weighted by atomic mass is 16.5. The summed E-state index contributed by atoms with van der Waals surface area (Å²) in [4.78, 5) is 19.8. The maximum atomic E-state index is 11.2. The lowest BCUT2D eigenvalue weighted by Gasteiger charge is -2.10. The number of nitrogens with one attached hydrogen (secondary N) is 2. The van der Waals surface area contributed by atoms with Crippen molar-refractivity contribution in [3.63, 3.8) is 0 Å². The monoisotopic (exact) mass is 322 g/mol. The van der Waals surface area contributed by atoms with Gasteiger partial charge in [-0.05, 0) is 29.8 Å². The van der Waals surface area contributed by atoms with Gasteiger partial charge in [0, 0.05) is 19.0 Å². The topological polar surface area (TPSA) is 76.1 Å². The van der Waals surface area contributed by atoms with E-state index in [-0.39, 0.29) is 12.5 Å². The third-order valence-corrected chi connectivity index (χ3v) is 3.55. The average molecular weight is 322 g/mol. The van der Waals surface area contributed by atoms with Crippen LogP contribution in [0.4, 0.5) is 5.82 Å². The standard InChI is InChI=1S/C18H18N4O2/c1-19-17(23)11-24-14-6-4-5-13(9-14)10-20-18-15-7-2-3-8-16(15)21-12-22-18/h2-9,12H,10-11H2,1H3,(H,19,23)(H,20,21,22). The van der Waals surface area contributed by atoms with E-state index in [1.807, 2.05) is 48.5 Å². The number of aromatic nitrogens is 2. The molecule has 1 aromatic heterocycles. The fraction of sp³-hybridized carbons (Fsp3) is 0.167. The Bertz CT molecular complexity index is 846. The molecule has 3 rings (SSSR count). The van der Waals surface area contributed by atoms with Gasteiger partial charge in [0.1, 0.15) is 17.9 Å². The molecule has 2 aromatic carbocycles. The predicted molar refractivity (Wildman–Crippen MR) is 92.9 cm³/mol. The molecule has 0 unspecified atom stereocenters. The smallest absolute Gasteiger partial charge is 0.257 e. The molecule has 6 nitrogen and oxygen atoms in total. The van der Waals surface area contributed by atoms with Crippen LogP contribution in [-0.2, 0) is 11.3 Å². The summed E-state index contributed by atoms with van der Waals surface area (Å²) in [6.45, 7) is 0.599. The number of fused-ring (bicyclic) bond motifs is 1. The van der Waals surface area contributed by atoms with Crippen molar-refractivity contribution in [3.8, 4) is 5.75 Å². The summed E-state index contributed by atoms with van der Waals surface area (Å²) < 4.78 is 5.46. The predicted octanol–water partition coefficient (Wildman–Crippen LogP) is 2.37. The lowest BCUT2D eigenvalue weighted by molar-refractivity contribution is -0.122. The number of anilines is 1. The third-order valence-electron chi connectivity index (χ3n) is 3.55. The van der Waals surface area contributed by atoms with E-state index in [1.54, 1.807) is 13.4 Å². The second-order valence-electron chi connectivity index (χ2n) is 5.20. The van der Waals surface area contributed by atoms with E-state index in [4.69, 9.17) is 4.74 Å². The number of para-hydroxylation sites is 1. The van der Waals surface area contributed by atoms with E-state index in [1.165, 1.54) is 0 Å². The van der Waals surface area contributed by atoms with Crippen LogP contribution < -0.4 is 15.4 Å². The minimum absolute atomic E-state index is 0.00390. The minimum Gasteiger partial charge on any atom is -0.484 e. The molecule has 0 aliphatic rings. The van der Waals surface area contributed by atoms with E-state index in [0.717, 1.165) is 22.3 Å². The molecule has 0 aliphatic carbocycles. The summed E-state index contributed by atoms with van der Waals surface area (Å²) >= 11 is 0. The number of rotatable bonds is 6.